The normalized spacial score (nSPS) is 12.2. The summed E-state index contributed by atoms with van der Waals surface area (Å²) >= 11 is 5.91. The van der Waals surface area contributed by atoms with Crippen LogP contribution in [0.5, 0.6) is 5.75 Å². The summed E-state index contributed by atoms with van der Waals surface area (Å²) in [6.45, 7) is 0. The maximum Gasteiger partial charge on any atom is 0.124 e. The van der Waals surface area contributed by atoms with Gasteiger partial charge in [0.1, 0.15) is 17.7 Å². The first kappa shape index (κ1) is 12.9. The Kier molecular flexibility index (Phi) is 3.84. The van der Waals surface area contributed by atoms with Crippen LogP contribution in [-0.2, 0) is 0 Å². The number of rotatable bonds is 3. The average molecular weight is 267 g/mol. The van der Waals surface area contributed by atoms with Crippen LogP contribution in [0.4, 0.5) is 4.39 Å². The molecule has 0 aliphatic heterocycles. The molecule has 0 fully saturated rings. The Bertz CT molecular complexity index is 540. The van der Waals surface area contributed by atoms with Crippen LogP contribution in [0.25, 0.3) is 0 Å². The van der Waals surface area contributed by atoms with Crippen LogP contribution in [-0.4, -0.2) is 12.2 Å². The third-order valence-corrected chi connectivity index (χ3v) is 3.02. The molecule has 0 aliphatic carbocycles. The Balaban J connectivity index is 2.31. The van der Waals surface area contributed by atoms with Crippen LogP contribution in [0, 0.1) is 5.82 Å². The van der Waals surface area contributed by atoms with Crippen LogP contribution in [0.1, 0.15) is 17.2 Å². The first-order valence-electron chi connectivity index (χ1n) is 5.39. The molecule has 94 valence electrons. The number of aliphatic hydroxyl groups excluding tert-OH is 1. The second-order valence-electron chi connectivity index (χ2n) is 3.84. The zero-order valence-electron chi connectivity index (χ0n) is 9.73. The quantitative estimate of drug-likeness (QED) is 0.920. The lowest BCUT2D eigenvalue weighted by Crippen LogP contribution is -2.00. The lowest BCUT2D eigenvalue weighted by atomic mass is 10.0. The fourth-order valence-corrected chi connectivity index (χ4v) is 1.96. The number of aliphatic hydroxyl groups is 1. The van der Waals surface area contributed by atoms with Gasteiger partial charge in [-0.3, -0.25) is 0 Å². The van der Waals surface area contributed by atoms with Gasteiger partial charge in [0.05, 0.1) is 7.11 Å². The number of hydrogen-bond donors (Lipinski definition) is 1. The first-order chi connectivity index (χ1) is 8.61. The molecule has 18 heavy (non-hydrogen) atoms. The third kappa shape index (κ3) is 2.63. The van der Waals surface area contributed by atoms with E-state index in [-0.39, 0.29) is 5.02 Å². The predicted octanol–water partition coefficient (Wildman–Crippen LogP) is 3.57. The molecule has 0 saturated carbocycles. The van der Waals surface area contributed by atoms with Gasteiger partial charge in [-0.1, -0.05) is 29.8 Å². The summed E-state index contributed by atoms with van der Waals surface area (Å²) in [7, 11) is 1.57. The standard InChI is InChI=1S/C14H12ClFO2/c1-18-11-5-2-9(3-6-11)14(17)12-7-4-10(16)8-13(12)15/h2-8,14,17H,1H3. The number of benzene rings is 2. The van der Waals surface area contributed by atoms with E-state index >= 15 is 0 Å². The van der Waals surface area contributed by atoms with Gasteiger partial charge >= 0.3 is 0 Å². The number of halogens is 2. The van der Waals surface area contributed by atoms with E-state index in [1.165, 1.54) is 18.2 Å². The molecule has 1 unspecified atom stereocenters. The molecule has 0 aromatic heterocycles. The SMILES string of the molecule is COc1ccc(C(O)c2ccc(F)cc2Cl)cc1. The Morgan fingerprint density at radius 1 is 1.17 bits per heavy atom. The second-order valence-corrected chi connectivity index (χ2v) is 4.25. The minimum absolute atomic E-state index is 0.207. The molecule has 2 rings (SSSR count). The van der Waals surface area contributed by atoms with E-state index in [0.717, 1.165) is 0 Å². The summed E-state index contributed by atoms with van der Waals surface area (Å²) in [5.74, 6) is 0.279. The largest absolute Gasteiger partial charge is 0.497 e. The van der Waals surface area contributed by atoms with Crippen LogP contribution >= 0.6 is 11.6 Å². The molecular formula is C14H12ClFO2. The Hall–Kier alpha value is -1.58. The molecule has 4 heteroatoms. The highest BCUT2D eigenvalue weighted by molar-refractivity contribution is 6.31. The average Bonchev–Trinajstić information content (AvgIpc) is 2.38. The summed E-state index contributed by atoms with van der Waals surface area (Å²) in [6, 6.07) is 10.9. The minimum atomic E-state index is -0.885. The van der Waals surface area contributed by atoms with Crippen molar-refractivity contribution in [3.05, 3.63) is 64.4 Å². The highest BCUT2D eigenvalue weighted by Crippen LogP contribution is 2.29. The summed E-state index contributed by atoms with van der Waals surface area (Å²) < 4.78 is 18.0. The monoisotopic (exact) mass is 266 g/mol. The lowest BCUT2D eigenvalue weighted by molar-refractivity contribution is 0.220. The van der Waals surface area contributed by atoms with Gasteiger partial charge in [-0.05, 0) is 29.8 Å². The van der Waals surface area contributed by atoms with Gasteiger partial charge in [0.25, 0.3) is 0 Å². The highest BCUT2D eigenvalue weighted by Gasteiger charge is 2.14. The summed E-state index contributed by atoms with van der Waals surface area (Å²) in [4.78, 5) is 0. The van der Waals surface area contributed by atoms with Crippen LogP contribution < -0.4 is 4.74 Å². The summed E-state index contributed by atoms with van der Waals surface area (Å²) in [5, 5.41) is 10.4. The van der Waals surface area contributed by atoms with E-state index in [9.17, 15) is 9.50 Å². The molecule has 0 spiro atoms. The van der Waals surface area contributed by atoms with E-state index in [0.29, 0.717) is 16.9 Å². The molecular weight excluding hydrogens is 255 g/mol. The van der Waals surface area contributed by atoms with Crippen LogP contribution in [0.15, 0.2) is 42.5 Å². The fourth-order valence-electron chi connectivity index (χ4n) is 1.69. The molecule has 0 amide bonds. The Labute approximate surface area is 110 Å². The van der Waals surface area contributed by atoms with Gasteiger partial charge in [0.2, 0.25) is 0 Å². The van der Waals surface area contributed by atoms with Crippen molar-refractivity contribution in [2.75, 3.05) is 7.11 Å². The first-order valence-corrected chi connectivity index (χ1v) is 5.76. The van der Waals surface area contributed by atoms with Crippen molar-refractivity contribution in [2.45, 2.75) is 6.10 Å². The maximum absolute atomic E-state index is 12.9. The van der Waals surface area contributed by atoms with Crippen molar-refractivity contribution in [2.24, 2.45) is 0 Å². The molecule has 2 nitrogen and oxygen atoms in total. The molecule has 0 saturated heterocycles. The van der Waals surface area contributed by atoms with E-state index in [1.54, 1.807) is 31.4 Å². The van der Waals surface area contributed by atoms with Crippen molar-refractivity contribution < 1.29 is 14.2 Å². The van der Waals surface area contributed by atoms with Crippen molar-refractivity contribution in [1.82, 2.24) is 0 Å². The zero-order valence-corrected chi connectivity index (χ0v) is 10.5. The predicted molar refractivity (Wildman–Crippen MR) is 68.5 cm³/mol. The molecule has 2 aromatic rings. The van der Waals surface area contributed by atoms with Crippen molar-refractivity contribution >= 4 is 11.6 Å². The molecule has 1 atom stereocenters. The zero-order chi connectivity index (χ0) is 13.1. The molecule has 0 aliphatic rings. The molecule has 0 radical (unpaired) electrons. The maximum atomic E-state index is 12.9. The minimum Gasteiger partial charge on any atom is -0.497 e. The van der Waals surface area contributed by atoms with Gasteiger partial charge in [-0.15, -0.1) is 0 Å². The van der Waals surface area contributed by atoms with Crippen LogP contribution in [0.2, 0.25) is 5.02 Å². The Morgan fingerprint density at radius 2 is 1.83 bits per heavy atom. The molecule has 0 heterocycles. The van der Waals surface area contributed by atoms with Gasteiger partial charge in [0.15, 0.2) is 0 Å². The second kappa shape index (κ2) is 5.38. The van der Waals surface area contributed by atoms with Crippen molar-refractivity contribution in [3.63, 3.8) is 0 Å². The number of hydrogen-bond acceptors (Lipinski definition) is 2. The fraction of sp³-hybridized carbons (Fsp3) is 0.143. The van der Waals surface area contributed by atoms with E-state index < -0.39 is 11.9 Å². The van der Waals surface area contributed by atoms with Gasteiger partial charge in [-0.25, -0.2) is 4.39 Å². The molecule has 2 aromatic carbocycles. The lowest BCUT2D eigenvalue weighted by Gasteiger charge is -2.13. The van der Waals surface area contributed by atoms with Gasteiger partial charge < -0.3 is 9.84 Å². The molecule has 0 bridgehead atoms. The van der Waals surface area contributed by atoms with Gasteiger partial charge in [-0.2, -0.15) is 0 Å². The van der Waals surface area contributed by atoms with E-state index in [2.05, 4.69) is 0 Å². The molecule has 1 N–H and O–H groups in total. The number of ether oxygens (including phenoxy) is 1. The summed E-state index contributed by atoms with van der Waals surface area (Å²) in [5.41, 5.74) is 1.15. The van der Waals surface area contributed by atoms with Crippen molar-refractivity contribution in [1.29, 1.82) is 0 Å². The topological polar surface area (TPSA) is 29.5 Å². The summed E-state index contributed by atoms with van der Waals surface area (Å²) in [6.07, 6.45) is -0.885. The highest BCUT2D eigenvalue weighted by atomic mass is 35.5. The van der Waals surface area contributed by atoms with Gasteiger partial charge in [0, 0.05) is 10.6 Å². The third-order valence-electron chi connectivity index (χ3n) is 2.69. The number of methoxy groups -OCH3 is 1. The Morgan fingerprint density at radius 3 is 2.39 bits per heavy atom. The smallest absolute Gasteiger partial charge is 0.124 e. The van der Waals surface area contributed by atoms with E-state index in [4.69, 9.17) is 16.3 Å². The van der Waals surface area contributed by atoms with Crippen LogP contribution in [0.3, 0.4) is 0 Å². The van der Waals surface area contributed by atoms with E-state index in [1.807, 2.05) is 0 Å². The van der Waals surface area contributed by atoms with Crippen molar-refractivity contribution in [3.8, 4) is 5.75 Å².